The molecule has 90 valence electrons. The zero-order valence-corrected chi connectivity index (χ0v) is 10.7. The van der Waals surface area contributed by atoms with Crippen LogP contribution < -0.4 is 0 Å². The summed E-state index contributed by atoms with van der Waals surface area (Å²) in [5.41, 5.74) is 1.60. The van der Waals surface area contributed by atoms with E-state index in [1.165, 1.54) is 4.52 Å². The Hall–Kier alpha value is -1.65. The quantitative estimate of drug-likeness (QED) is 0.534. The van der Waals surface area contributed by atoms with Gasteiger partial charge in [0, 0.05) is 5.56 Å². The highest BCUT2D eigenvalue weighted by molar-refractivity contribution is 6.29. The number of halogens is 2. The molecule has 0 saturated carbocycles. The Morgan fingerprint density at radius 2 is 1.89 bits per heavy atom. The molecule has 0 unspecified atom stereocenters. The largest absolute Gasteiger partial charge is 0.254 e. The van der Waals surface area contributed by atoms with E-state index in [0.29, 0.717) is 28.3 Å². The van der Waals surface area contributed by atoms with Crippen molar-refractivity contribution in [3.8, 4) is 11.4 Å². The first-order chi connectivity index (χ1) is 8.78. The number of hydrogen-bond acceptors (Lipinski definition) is 3. The fourth-order valence-corrected chi connectivity index (χ4v) is 2.03. The van der Waals surface area contributed by atoms with E-state index in [1.807, 2.05) is 30.3 Å². The molecule has 6 heteroatoms. The Labute approximate surface area is 113 Å². The van der Waals surface area contributed by atoms with Crippen molar-refractivity contribution in [1.82, 2.24) is 19.6 Å². The van der Waals surface area contributed by atoms with Crippen LogP contribution in [0.25, 0.3) is 17.2 Å². The Kier molecular flexibility index (Phi) is 2.89. The highest BCUT2D eigenvalue weighted by Gasteiger charge is 2.10. The lowest BCUT2D eigenvalue weighted by Gasteiger charge is -1.97. The summed E-state index contributed by atoms with van der Waals surface area (Å²) < 4.78 is 1.50. The molecule has 0 N–H and O–H groups in total. The standard InChI is InChI=1S/C12H8Cl2N4/c13-7-9-6-10(14)18-12(15-9)16-11(17-18)8-4-2-1-3-5-8/h1-6H,7H2. The SMILES string of the molecule is ClCc1cc(Cl)n2nc(-c3ccccc3)nc2n1. The minimum absolute atomic E-state index is 0.295. The van der Waals surface area contributed by atoms with Crippen LogP contribution in [0.2, 0.25) is 5.15 Å². The number of aromatic nitrogens is 4. The van der Waals surface area contributed by atoms with E-state index in [1.54, 1.807) is 6.07 Å². The maximum atomic E-state index is 6.10. The summed E-state index contributed by atoms with van der Waals surface area (Å²) in [5, 5.41) is 4.78. The molecule has 3 rings (SSSR count). The van der Waals surface area contributed by atoms with Gasteiger partial charge in [0.15, 0.2) is 5.82 Å². The van der Waals surface area contributed by atoms with Gasteiger partial charge in [-0.1, -0.05) is 41.9 Å². The van der Waals surface area contributed by atoms with E-state index >= 15 is 0 Å². The van der Waals surface area contributed by atoms with Gasteiger partial charge in [-0.2, -0.15) is 9.50 Å². The van der Waals surface area contributed by atoms with Crippen LogP contribution in [0.3, 0.4) is 0 Å². The second-order valence-electron chi connectivity index (χ2n) is 3.72. The lowest BCUT2D eigenvalue weighted by atomic mass is 10.2. The van der Waals surface area contributed by atoms with Crippen molar-refractivity contribution in [1.29, 1.82) is 0 Å². The molecule has 1 aromatic carbocycles. The maximum absolute atomic E-state index is 6.10. The van der Waals surface area contributed by atoms with Gasteiger partial charge in [0.1, 0.15) is 5.15 Å². The smallest absolute Gasteiger partial charge is 0.215 e. The highest BCUT2D eigenvalue weighted by Crippen LogP contribution is 2.18. The molecule has 2 aromatic heterocycles. The zero-order valence-electron chi connectivity index (χ0n) is 9.22. The summed E-state index contributed by atoms with van der Waals surface area (Å²) in [4.78, 5) is 8.62. The molecule has 0 aliphatic carbocycles. The molecule has 0 saturated heterocycles. The van der Waals surface area contributed by atoms with Crippen molar-refractivity contribution in [3.05, 3.63) is 47.2 Å². The van der Waals surface area contributed by atoms with Crippen LogP contribution in [0.4, 0.5) is 0 Å². The summed E-state index contributed by atoms with van der Waals surface area (Å²) in [7, 11) is 0. The normalized spacial score (nSPS) is 11.0. The van der Waals surface area contributed by atoms with E-state index in [4.69, 9.17) is 23.2 Å². The first-order valence-corrected chi connectivity index (χ1v) is 6.23. The van der Waals surface area contributed by atoms with Crippen LogP contribution in [0.1, 0.15) is 5.69 Å². The summed E-state index contributed by atoms with van der Waals surface area (Å²) in [6.45, 7) is 0. The van der Waals surface area contributed by atoms with Crippen molar-refractivity contribution in [3.63, 3.8) is 0 Å². The van der Waals surface area contributed by atoms with Gasteiger partial charge in [-0.3, -0.25) is 0 Å². The van der Waals surface area contributed by atoms with Gasteiger partial charge < -0.3 is 0 Å². The predicted molar refractivity (Wildman–Crippen MR) is 70.8 cm³/mol. The number of benzene rings is 1. The topological polar surface area (TPSA) is 43.1 Å². The number of hydrogen-bond donors (Lipinski definition) is 0. The highest BCUT2D eigenvalue weighted by atomic mass is 35.5. The molecule has 3 aromatic rings. The minimum Gasteiger partial charge on any atom is -0.215 e. The summed E-state index contributed by atoms with van der Waals surface area (Å²) >= 11 is 11.8. The minimum atomic E-state index is 0.295. The molecule has 4 nitrogen and oxygen atoms in total. The molecule has 18 heavy (non-hydrogen) atoms. The van der Waals surface area contributed by atoms with Gasteiger partial charge in [-0.25, -0.2) is 4.98 Å². The fraction of sp³-hybridized carbons (Fsp3) is 0.0833. The van der Waals surface area contributed by atoms with Gasteiger partial charge in [-0.05, 0) is 6.07 Å². The van der Waals surface area contributed by atoms with Crippen molar-refractivity contribution < 1.29 is 0 Å². The van der Waals surface area contributed by atoms with E-state index in [9.17, 15) is 0 Å². The molecular weight excluding hydrogens is 271 g/mol. The van der Waals surface area contributed by atoms with Crippen LogP contribution in [0.5, 0.6) is 0 Å². The monoisotopic (exact) mass is 278 g/mol. The Bertz CT molecular complexity index is 694. The third-order valence-corrected chi connectivity index (χ3v) is 3.03. The molecular formula is C12H8Cl2N4. The van der Waals surface area contributed by atoms with Crippen LogP contribution in [-0.2, 0) is 5.88 Å². The first kappa shape index (κ1) is 11.4. The fourth-order valence-electron chi connectivity index (χ4n) is 1.66. The molecule has 0 aliphatic rings. The lowest BCUT2D eigenvalue weighted by molar-refractivity contribution is 0.930. The van der Waals surface area contributed by atoms with Gasteiger partial charge >= 0.3 is 0 Å². The van der Waals surface area contributed by atoms with Crippen molar-refractivity contribution in [2.45, 2.75) is 5.88 Å². The maximum Gasteiger partial charge on any atom is 0.254 e. The lowest BCUT2D eigenvalue weighted by Crippen LogP contribution is -1.96. The third-order valence-electron chi connectivity index (χ3n) is 2.49. The Balaban J connectivity index is 2.20. The number of rotatable bonds is 2. The summed E-state index contributed by atoms with van der Waals surface area (Å²) in [6, 6.07) is 11.4. The first-order valence-electron chi connectivity index (χ1n) is 5.31. The molecule has 0 aliphatic heterocycles. The van der Waals surface area contributed by atoms with Crippen LogP contribution in [-0.4, -0.2) is 19.6 Å². The van der Waals surface area contributed by atoms with E-state index in [2.05, 4.69) is 15.1 Å². The predicted octanol–water partition coefficient (Wildman–Crippen LogP) is 3.18. The van der Waals surface area contributed by atoms with Gasteiger partial charge in [0.2, 0.25) is 0 Å². The van der Waals surface area contributed by atoms with Gasteiger partial charge in [0.05, 0.1) is 11.6 Å². The van der Waals surface area contributed by atoms with E-state index < -0.39 is 0 Å². The number of alkyl halides is 1. The van der Waals surface area contributed by atoms with Crippen LogP contribution in [0, 0.1) is 0 Å². The van der Waals surface area contributed by atoms with Crippen LogP contribution in [0.15, 0.2) is 36.4 Å². The van der Waals surface area contributed by atoms with Gasteiger partial charge in [0.25, 0.3) is 5.78 Å². The average molecular weight is 279 g/mol. The van der Waals surface area contributed by atoms with E-state index in [0.717, 1.165) is 5.56 Å². The number of fused-ring (bicyclic) bond motifs is 1. The molecule has 0 bridgehead atoms. The second kappa shape index (κ2) is 4.55. The van der Waals surface area contributed by atoms with Crippen LogP contribution >= 0.6 is 23.2 Å². The van der Waals surface area contributed by atoms with Crippen molar-refractivity contribution in [2.75, 3.05) is 0 Å². The number of nitrogens with zero attached hydrogens (tertiary/aromatic N) is 4. The zero-order chi connectivity index (χ0) is 12.5. The van der Waals surface area contributed by atoms with Crippen molar-refractivity contribution in [2.24, 2.45) is 0 Å². The van der Waals surface area contributed by atoms with Crippen molar-refractivity contribution >= 4 is 29.0 Å². The molecule has 0 radical (unpaired) electrons. The Morgan fingerprint density at radius 3 is 2.61 bits per heavy atom. The Morgan fingerprint density at radius 1 is 1.11 bits per heavy atom. The molecule has 0 spiro atoms. The summed E-state index contributed by atoms with van der Waals surface area (Å²) in [5.74, 6) is 1.35. The average Bonchev–Trinajstić information content (AvgIpc) is 2.84. The molecule has 0 fully saturated rings. The molecule has 0 amide bonds. The van der Waals surface area contributed by atoms with E-state index in [-0.39, 0.29) is 0 Å². The molecule has 0 atom stereocenters. The summed E-state index contributed by atoms with van der Waals surface area (Å²) in [6.07, 6.45) is 0. The second-order valence-corrected chi connectivity index (χ2v) is 4.37. The van der Waals surface area contributed by atoms with Gasteiger partial charge in [-0.15, -0.1) is 16.7 Å². The molecule has 2 heterocycles. The third kappa shape index (κ3) is 1.94.